The predicted octanol–water partition coefficient (Wildman–Crippen LogP) is 1.33. The maximum atomic E-state index is 12.5. The van der Waals surface area contributed by atoms with E-state index in [0.717, 1.165) is 19.3 Å². The Hall–Kier alpha value is -1.14. The average molecular weight is 270 g/mol. The van der Waals surface area contributed by atoms with Crippen LogP contribution in [0.2, 0.25) is 0 Å². The standard InChI is InChI=1S/C12H18N2O3S/c1-3-10-5-4-9(2)14(10)18(16,17)12-8-13-7-6-11(12)15/h6-10H,3-5H2,1-2H3,(H,13,15). The van der Waals surface area contributed by atoms with Crippen molar-refractivity contribution in [2.45, 2.75) is 50.1 Å². The molecule has 1 saturated heterocycles. The van der Waals surface area contributed by atoms with Gasteiger partial charge in [-0.1, -0.05) is 6.92 Å². The van der Waals surface area contributed by atoms with Crippen molar-refractivity contribution in [2.75, 3.05) is 0 Å². The second-order valence-electron chi connectivity index (χ2n) is 4.70. The lowest BCUT2D eigenvalue weighted by Crippen LogP contribution is -2.41. The average Bonchev–Trinajstić information content (AvgIpc) is 2.71. The van der Waals surface area contributed by atoms with Crippen LogP contribution in [0.25, 0.3) is 0 Å². The first-order chi connectivity index (χ1) is 8.48. The van der Waals surface area contributed by atoms with E-state index in [4.69, 9.17) is 0 Å². The van der Waals surface area contributed by atoms with E-state index in [2.05, 4.69) is 4.98 Å². The van der Waals surface area contributed by atoms with Crippen LogP contribution in [-0.4, -0.2) is 29.8 Å². The summed E-state index contributed by atoms with van der Waals surface area (Å²) in [6.45, 7) is 3.87. The Morgan fingerprint density at radius 2 is 2.17 bits per heavy atom. The smallest absolute Gasteiger partial charge is 0.248 e. The number of rotatable bonds is 3. The molecule has 1 aliphatic rings. The molecule has 0 saturated carbocycles. The molecule has 1 aliphatic heterocycles. The van der Waals surface area contributed by atoms with Crippen LogP contribution in [0, 0.1) is 0 Å². The molecular weight excluding hydrogens is 252 g/mol. The molecule has 1 fully saturated rings. The quantitative estimate of drug-likeness (QED) is 0.900. The minimum atomic E-state index is -3.69. The van der Waals surface area contributed by atoms with Crippen LogP contribution < -0.4 is 5.43 Å². The predicted molar refractivity (Wildman–Crippen MR) is 68.9 cm³/mol. The number of nitrogens with one attached hydrogen (secondary N) is 1. The van der Waals surface area contributed by atoms with E-state index in [0.29, 0.717) is 0 Å². The summed E-state index contributed by atoms with van der Waals surface area (Å²) in [6.07, 6.45) is 5.19. The number of pyridine rings is 1. The van der Waals surface area contributed by atoms with Gasteiger partial charge in [-0.05, 0) is 26.2 Å². The third kappa shape index (κ3) is 2.10. The summed E-state index contributed by atoms with van der Waals surface area (Å²) in [7, 11) is -3.69. The number of sulfonamides is 1. The van der Waals surface area contributed by atoms with Crippen molar-refractivity contribution >= 4 is 10.0 Å². The van der Waals surface area contributed by atoms with Crippen LogP contribution in [0.5, 0.6) is 0 Å². The highest BCUT2D eigenvalue weighted by Gasteiger charge is 2.39. The third-order valence-electron chi connectivity index (χ3n) is 3.53. The van der Waals surface area contributed by atoms with Crippen LogP contribution in [0.4, 0.5) is 0 Å². The molecule has 0 bridgehead atoms. The molecule has 100 valence electrons. The van der Waals surface area contributed by atoms with E-state index >= 15 is 0 Å². The zero-order valence-corrected chi connectivity index (χ0v) is 11.4. The molecule has 0 aliphatic carbocycles. The van der Waals surface area contributed by atoms with Gasteiger partial charge in [0.1, 0.15) is 4.90 Å². The zero-order chi connectivity index (χ0) is 13.3. The van der Waals surface area contributed by atoms with Crippen molar-refractivity contribution in [3.8, 4) is 0 Å². The number of hydrogen-bond donors (Lipinski definition) is 1. The normalized spacial score (nSPS) is 25.4. The van der Waals surface area contributed by atoms with Gasteiger partial charge in [0.25, 0.3) is 0 Å². The second-order valence-corrected chi connectivity index (χ2v) is 6.51. The van der Waals surface area contributed by atoms with Gasteiger partial charge in [0.15, 0.2) is 0 Å². The number of H-pyrrole nitrogens is 1. The van der Waals surface area contributed by atoms with Crippen LogP contribution in [0.3, 0.4) is 0 Å². The van der Waals surface area contributed by atoms with E-state index in [1.54, 1.807) is 0 Å². The van der Waals surface area contributed by atoms with E-state index in [1.807, 2.05) is 13.8 Å². The summed E-state index contributed by atoms with van der Waals surface area (Å²) < 4.78 is 26.6. The minimum absolute atomic E-state index is 0.00426. The second kappa shape index (κ2) is 4.85. The third-order valence-corrected chi connectivity index (χ3v) is 5.61. The fourth-order valence-electron chi connectivity index (χ4n) is 2.58. The first kappa shape index (κ1) is 13.3. The van der Waals surface area contributed by atoms with Crippen molar-refractivity contribution in [2.24, 2.45) is 0 Å². The Labute approximate surface area is 107 Å². The Morgan fingerprint density at radius 3 is 2.78 bits per heavy atom. The van der Waals surface area contributed by atoms with Crippen molar-refractivity contribution in [1.82, 2.24) is 9.29 Å². The zero-order valence-electron chi connectivity index (χ0n) is 10.6. The summed E-state index contributed by atoms with van der Waals surface area (Å²) in [5.74, 6) is 0. The van der Waals surface area contributed by atoms with E-state index in [9.17, 15) is 13.2 Å². The Bertz CT molecular complexity index is 579. The first-order valence-corrected chi connectivity index (χ1v) is 7.63. The largest absolute Gasteiger partial charge is 0.366 e. The van der Waals surface area contributed by atoms with Gasteiger partial charge in [0.2, 0.25) is 15.5 Å². The molecular formula is C12H18N2O3S. The molecule has 2 heterocycles. The summed E-state index contributed by atoms with van der Waals surface area (Å²) in [6, 6.07) is 1.21. The maximum Gasteiger partial charge on any atom is 0.248 e. The van der Waals surface area contributed by atoms with E-state index in [-0.39, 0.29) is 17.0 Å². The fraction of sp³-hybridized carbons (Fsp3) is 0.583. The highest BCUT2D eigenvalue weighted by atomic mass is 32.2. The molecule has 0 aromatic carbocycles. The monoisotopic (exact) mass is 270 g/mol. The molecule has 1 N–H and O–H groups in total. The van der Waals surface area contributed by atoms with Crippen molar-refractivity contribution in [3.05, 3.63) is 28.7 Å². The van der Waals surface area contributed by atoms with Gasteiger partial charge in [-0.15, -0.1) is 0 Å². The fourth-order valence-corrected chi connectivity index (χ4v) is 4.57. The van der Waals surface area contributed by atoms with Gasteiger partial charge in [0, 0.05) is 30.5 Å². The van der Waals surface area contributed by atoms with Gasteiger partial charge in [-0.2, -0.15) is 4.31 Å². The number of aromatic nitrogens is 1. The Balaban J connectivity index is 2.49. The number of aromatic amines is 1. The van der Waals surface area contributed by atoms with Crippen molar-refractivity contribution < 1.29 is 8.42 Å². The first-order valence-electron chi connectivity index (χ1n) is 6.19. The number of nitrogens with zero attached hydrogens (tertiary/aromatic N) is 1. The molecule has 6 heteroatoms. The number of hydrogen-bond acceptors (Lipinski definition) is 3. The SMILES string of the molecule is CCC1CCC(C)N1S(=O)(=O)c1c[nH]ccc1=O. The molecule has 1 aromatic heterocycles. The molecule has 0 spiro atoms. The van der Waals surface area contributed by atoms with E-state index < -0.39 is 15.5 Å². The maximum absolute atomic E-state index is 12.5. The minimum Gasteiger partial charge on any atom is -0.366 e. The lowest BCUT2D eigenvalue weighted by molar-refractivity contribution is 0.328. The molecule has 5 nitrogen and oxygen atoms in total. The summed E-state index contributed by atoms with van der Waals surface area (Å²) >= 11 is 0. The topological polar surface area (TPSA) is 70.2 Å². The van der Waals surface area contributed by atoms with Gasteiger partial charge in [0.05, 0.1) is 0 Å². The van der Waals surface area contributed by atoms with Gasteiger partial charge in [-0.25, -0.2) is 8.42 Å². The highest BCUT2D eigenvalue weighted by Crippen LogP contribution is 2.31. The van der Waals surface area contributed by atoms with Crippen LogP contribution in [0.15, 0.2) is 28.2 Å². The van der Waals surface area contributed by atoms with Gasteiger partial charge < -0.3 is 4.98 Å². The molecule has 2 rings (SSSR count). The van der Waals surface area contributed by atoms with Gasteiger partial charge in [-0.3, -0.25) is 4.79 Å². The van der Waals surface area contributed by atoms with E-state index in [1.165, 1.54) is 22.8 Å². The van der Waals surface area contributed by atoms with Crippen LogP contribution in [-0.2, 0) is 10.0 Å². The van der Waals surface area contributed by atoms with Crippen LogP contribution in [0.1, 0.15) is 33.1 Å². The Morgan fingerprint density at radius 1 is 1.44 bits per heavy atom. The summed E-state index contributed by atoms with van der Waals surface area (Å²) in [4.78, 5) is 14.2. The lowest BCUT2D eigenvalue weighted by Gasteiger charge is -2.26. The van der Waals surface area contributed by atoms with Crippen molar-refractivity contribution in [3.63, 3.8) is 0 Å². The molecule has 18 heavy (non-hydrogen) atoms. The highest BCUT2D eigenvalue weighted by molar-refractivity contribution is 7.89. The Kier molecular flexibility index (Phi) is 3.59. The van der Waals surface area contributed by atoms with Crippen LogP contribution >= 0.6 is 0 Å². The molecule has 0 radical (unpaired) electrons. The van der Waals surface area contributed by atoms with Crippen molar-refractivity contribution in [1.29, 1.82) is 0 Å². The lowest BCUT2D eigenvalue weighted by atomic mass is 10.2. The summed E-state index contributed by atoms with van der Waals surface area (Å²) in [5.41, 5.74) is -0.456. The molecule has 0 amide bonds. The molecule has 2 atom stereocenters. The summed E-state index contributed by atoms with van der Waals surface area (Å²) in [5, 5.41) is 0. The molecule has 2 unspecified atom stereocenters. The molecule has 1 aromatic rings. The van der Waals surface area contributed by atoms with Gasteiger partial charge >= 0.3 is 0 Å².